The van der Waals surface area contributed by atoms with Crippen LogP contribution < -0.4 is 11.1 Å². The topological polar surface area (TPSA) is 131 Å². The van der Waals surface area contributed by atoms with Crippen molar-refractivity contribution in [1.29, 1.82) is 0 Å². The number of carbonyl (C=O) groups is 1. The lowest BCUT2D eigenvalue weighted by Crippen LogP contribution is -2.51. The summed E-state index contributed by atoms with van der Waals surface area (Å²) in [5, 5.41) is 2.27. The van der Waals surface area contributed by atoms with Crippen molar-refractivity contribution >= 4 is 26.8 Å². The molecule has 4 N–H and O–H groups in total. The van der Waals surface area contributed by atoms with E-state index in [1.54, 1.807) is 11.5 Å². The van der Waals surface area contributed by atoms with Crippen molar-refractivity contribution in [3.05, 3.63) is 42.5 Å². The number of hydrogen-bond acceptors (Lipinski definition) is 6. The van der Waals surface area contributed by atoms with Gasteiger partial charge in [0.2, 0.25) is 5.91 Å². The number of rotatable bonds is 5. The lowest BCUT2D eigenvalue weighted by Gasteiger charge is -2.24. The van der Waals surface area contributed by atoms with Crippen molar-refractivity contribution < 1.29 is 26.4 Å². The number of fused-ring (bicyclic) bond motifs is 1. The lowest BCUT2D eigenvalue weighted by atomic mass is 9.91. The van der Waals surface area contributed by atoms with Crippen molar-refractivity contribution in [3.8, 4) is 11.1 Å². The number of nitrogens with zero attached hydrogens (tertiary/aromatic N) is 2. The van der Waals surface area contributed by atoms with E-state index in [1.165, 1.54) is 37.6 Å². The van der Waals surface area contributed by atoms with Crippen LogP contribution in [-0.4, -0.2) is 48.3 Å². The van der Waals surface area contributed by atoms with Gasteiger partial charge in [-0.05, 0) is 19.1 Å². The van der Waals surface area contributed by atoms with Gasteiger partial charge >= 0.3 is 6.18 Å². The van der Waals surface area contributed by atoms with Crippen LogP contribution in [0.2, 0.25) is 0 Å². The third-order valence-electron chi connectivity index (χ3n) is 4.50. The predicted octanol–water partition coefficient (Wildman–Crippen LogP) is 1.88. The number of aromatic amines is 1. The molecule has 30 heavy (non-hydrogen) atoms. The van der Waals surface area contributed by atoms with E-state index in [9.17, 15) is 26.4 Å². The van der Waals surface area contributed by atoms with Crippen LogP contribution in [-0.2, 0) is 20.2 Å². The minimum Gasteiger partial charge on any atom is -0.346 e. The molecule has 1 amide bonds. The van der Waals surface area contributed by atoms with Crippen molar-refractivity contribution in [2.24, 2.45) is 5.73 Å². The van der Waals surface area contributed by atoms with Gasteiger partial charge in [-0.1, -0.05) is 0 Å². The maximum Gasteiger partial charge on any atom is 0.405 e. The summed E-state index contributed by atoms with van der Waals surface area (Å²) in [6.07, 6.45) is 2.05. The number of pyridine rings is 2. The number of halogens is 3. The van der Waals surface area contributed by atoms with Crippen molar-refractivity contribution in [2.45, 2.75) is 23.5 Å². The molecule has 0 bridgehead atoms. The fourth-order valence-electron chi connectivity index (χ4n) is 2.79. The van der Waals surface area contributed by atoms with E-state index >= 15 is 0 Å². The number of carbonyl (C=O) groups excluding carboxylic acids is 1. The standard InChI is InChI=1S/C18H18F3N5O3S/c1-17(22,16(27)26-9-18(19,20)21)11-3-10(5-23-6-11)14-8-25-15-13(14)4-12(7-24-15)30(2,28)29/h3-8H,9,22H2,1-2H3,(H,24,25)(H,26,27)/t17-/m0/s1. The van der Waals surface area contributed by atoms with Crippen LogP contribution in [0.15, 0.2) is 41.8 Å². The van der Waals surface area contributed by atoms with Crippen LogP contribution in [0.25, 0.3) is 22.2 Å². The zero-order chi connectivity index (χ0) is 22.3. The molecular formula is C18H18F3N5O3S. The van der Waals surface area contributed by atoms with E-state index < -0.39 is 34.0 Å². The van der Waals surface area contributed by atoms with Gasteiger partial charge in [-0.15, -0.1) is 0 Å². The summed E-state index contributed by atoms with van der Waals surface area (Å²) >= 11 is 0. The van der Waals surface area contributed by atoms with Crippen LogP contribution in [0.4, 0.5) is 13.2 Å². The van der Waals surface area contributed by atoms with Gasteiger partial charge in [0.15, 0.2) is 9.84 Å². The largest absolute Gasteiger partial charge is 0.405 e. The van der Waals surface area contributed by atoms with E-state index in [-0.39, 0.29) is 10.5 Å². The molecule has 160 valence electrons. The van der Waals surface area contributed by atoms with E-state index in [0.717, 1.165) is 6.26 Å². The van der Waals surface area contributed by atoms with Crippen molar-refractivity contribution in [1.82, 2.24) is 20.3 Å². The van der Waals surface area contributed by atoms with Gasteiger partial charge in [0.25, 0.3) is 0 Å². The summed E-state index contributed by atoms with van der Waals surface area (Å²) in [5.74, 6) is -1.02. The molecule has 0 aliphatic carbocycles. The van der Waals surface area contributed by atoms with Crippen molar-refractivity contribution in [3.63, 3.8) is 0 Å². The molecular weight excluding hydrogens is 423 g/mol. The van der Waals surface area contributed by atoms with Gasteiger partial charge in [-0.2, -0.15) is 13.2 Å². The minimum absolute atomic E-state index is 0.0233. The van der Waals surface area contributed by atoms with Gasteiger partial charge in [0.1, 0.15) is 17.7 Å². The molecule has 1 atom stereocenters. The second kappa shape index (κ2) is 7.36. The van der Waals surface area contributed by atoms with Crippen LogP contribution >= 0.6 is 0 Å². The quantitative estimate of drug-likeness (QED) is 0.554. The summed E-state index contributed by atoms with van der Waals surface area (Å²) in [6.45, 7) is -0.230. The highest BCUT2D eigenvalue weighted by molar-refractivity contribution is 7.90. The fourth-order valence-corrected chi connectivity index (χ4v) is 3.37. The van der Waals surface area contributed by atoms with Crippen LogP contribution in [0.1, 0.15) is 12.5 Å². The highest BCUT2D eigenvalue weighted by atomic mass is 32.2. The predicted molar refractivity (Wildman–Crippen MR) is 103 cm³/mol. The molecule has 0 aliphatic heterocycles. The third-order valence-corrected chi connectivity index (χ3v) is 5.58. The summed E-state index contributed by atoms with van der Waals surface area (Å²) in [6, 6.07) is 2.96. The Morgan fingerprint density at radius 2 is 1.93 bits per heavy atom. The van der Waals surface area contributed by atoms with Gasteiger partial charge in [0, 0.05) is 53.1 Å². The molecule has 3 aromatic heterocycles. The molecule has 0 radical (unpaired) electrons. The van der Waals surface area contributed by atoms with Gasteiger partial charge in [-0.3, -0.25) is 9.78 Å². The first kappa shape index (κ1) is 21.7. The highest BCUT2D eigenvalue weighted by Gasteiger charge is 2.35. The monoisotopic (exact) mass is 441 g/mol. The van der Waals surface area contributed by atoms with Gasteiger partial charge in [0.05, 0.1) is 4.90 Å². The number of H-pyrrole nitrogens is 1. The normalized spacial score (nSPS) is 14.5. The maximum atomic E-state index is 12.4. The van der Waals surface area contributed by atoms with E-state index in [2.05, 4.69) is 15.0 Å². The van der Waals surface area contributed by atoms with E-state index in [0.29, 0.717) is 22.2 Å². The number of sulfone groups is 1. The van der Waals surface area contributed by atoms with Crippen LogP contribution in [0, 0.1) is 0 Å². The lowest BCUT2D eigenvalue weighted by molar-refractivity contribution is -0.141. The molecule has 0 saturated carbocycles. The Morgan fingerprint density at radius 1 is 1.23 bits per heavy atom. The maximum absolute atomic E-state index is 12.4. The zero-order valence-electron chi connectivity index (χ0n) is 15.9. The number of nitrogens with one attached hydrogen (secondary N) is 2. The summed E-state index contributed by atoms with van der Waals surface area (Å²) in [5.41, 5.74) is 5.86. The molecule has 0 aliphatic rings. The Morgan fingerprint density at radius 3 is 2.57 bits per heavy atom. The molecule has 12 heteroatoms. The first-order valence-electron chi connectivity index (χ1n) is 8.56. The zero-order valence-corrected chi connectivity index (χ0v) is 16.7. The Labute approximate surface area is 169 Å². The molecule has 8 nitrogen and oxygen atoms in total. The second-order valence-corrected chi connectivity index (χ2v) is 9.02. The van der Waals surface area contributed by atoms with E-state index in [4.69, 9.17) is 5.73 Å². The summed E-state index contributed by atoms with van der Waals surface area (Å²) < 4.78 is 60.9. The molecule has 3 heterocycles. The van der Waals surface area contributed by atoms with Gasteiger partial charge < -0.3 is 16.0 Å². The Hall–Kier alpha value is -2.99. The average molecular weight is 441 g/mol. The van der Waals surface area contributed by atoms with Gasteiger partial charge in [-0.25, -0.2) is 13.4 Å². The Balaban J connectivity index is 2.00. The number of amides is 1. The first-order chi connectivity index (χ1) is 13.8. The number of hydrogen-bond donors (Lipinski definition) is 3. The third kappa shape index (κ3) is 4.44. The fraction of sp³-hybridized carbons (Fsp3) is 0.278. The van der Waals surface area contributed by atoms with E-state index in [1.807, 2.05) is 0 Å². The Kier molecular flexibility index (Phi) is 5.33. The molecule has 0 aromatic carbocycles. The first-order valence-corrected chi connectivity index (χ1v) is 10.5. The Bertz CT molecular complexity index is 1220. The number of aromatic nitrogens is 3. The number of alkyl halides is 3. The van der Waals surface area contributed by atoms with Crippen LogP contribution in [0.3, 0.4) is 0 Å². The summed E-state index contributed by atoms with van der Waals surface area (Å²) in [4.78, 5) is 23.3. The molecule has 0 unspecified atom stereocenters. The SMILES string of the molecule is C[C@@](N)(C(=O)NCC(F)(F)F)c1cncc(-c2c[nH]c3ncc(S(C)(=O)=O)cc23)c1. The highest BCUT2D eigenvalue weighted by Crippen LogP contribution is 2.31. The summed E-state index contributed by atoms with van der Waals surface area (Å²) in [7, 11) is -3.49. The molecule has 3 aromatic rings. The molecule has 0 saturated heterocycles. The minimum atomic E-state index is -4.57. The molecule has 3 rings (SSSR count). The molecule has 0 spiro atoms. The van der Waals surface area contributed by atoms with Crippen molar-refractivity contribution in [2.75, 3.05) is 12.8 Å². The average Bonchev–Trinajstić information content (AvgIpc) is 3.08. The van der Waals surface area contributed by atoms with Crippen LogP contribution in [0.5, 0.6) is 0 Å². The number of nitrogens with two attached hydrogens (primary N) is 1. The second-order valence-electron chi connectivity index (χ2n) is 7.00. The molecule has 0 fully saturated rings. The smallest absolute Gasteiger partial charge is 0.346 e.